The fraction of sp³-hybridized carbons (Fsp3) is 0.0526. The van der Waals surface area contributed by atoms with Crippen molar-refractivity contribution in [1.82, 2.24) is 4.57 Å². The molecule has 0 radical (unpaired) electrons. The number of halogens is 2. The first-order valence-electron chi connectivity index (χ1n) is 7.18. The molecule has 0 unspecified atom stereocenters. The number of benzene rings is 2. The van der Waals surface area contributed by atoms with Crippen molar-refractivity contribution in [3.8, 4) is 22.9 Å². The molecule has 3 rings (SSSR count). The highest BCUT2D eigenvalue weighted by atomic mass is 19.1. The molecule has 2 aromatic carbocycles. The molecule has 0 saturated carbocycles. The molecule has 0 bridgehead atoms. The zero-order chi connectivity index (χ0) is 17.3. The molecule has 118 valence electrons. The first-order valence-corrected chi connectivity index (χ1v) is 7.18. The van der Waals surface area contributed by atoms with Crippen LogP contribution in [-0.2, 0) is 0 Å². The number of rotatable bonds is 3. The molecule has 1 heterocycles. The van der Waals surface area contributed by atoms with Crippen molar-refractivity contribution in [2.24, 2.45) is 0 Å². The topological polar surface area (TPSA) is 45.8 Å². The summed E-state index contributed by atoms with van der Waals surface area (Å²) in [7, 11) is 0. The number of hydrogen-bond donors (Lipinski definition) is 0. The van der Waals surface area contributed by atoms with Gasteiger partial charge >= 0.3 is 0 Å². The van der Waals surface area contributed by atoms with Crippen molar-refractivity contribution in [3.05, 3.63) is 77.6 Å². The highest BCUT2D eigenvalue weighted by Crippen LogP contribution is 2.29. The Labute approximate surface area is 137 Å². The van der Waals surface area contributed by atoms with Gasteiger partial charge in [0.1, 0.15) is 17.7 Å². The van der Waals surface area contributed by atoms with Gasteiger partial charge in [0.25, 0.3) is 0 Å². The summed E-state index contributed by atoms with van der Waals surface area (Å²) in [5.74, 6) is -1.44. The van der Waals surface area contributed by atoms with Gasteiger partial charge in [-0.05, 0) is 43.3 Å². The Hall–Kier alpha value is -3.26. The number of Topliss-reactive ketones (excluding diaryl/α,β-unsaturated/α-hetero) is 1. The predicted molar refractivity (Wildman–Crippen MR) is 85.8 cm³/mol. The van der Waals surface area contributed by atoms with Crippen LogP contribution in [0.25, 0.3) is 16.8 Å². The zero-order valence-corrected chi connectivity index (χ0v) is 12.8. The molecular formula is C19H12F2N2O. The van der Waals surface area contributed by atoms with Gasteiger partial charge in [-0.1, -0.05) is 0 Å². The van der Waals surface area contributed by atoms with Crippen LogP contribution in [-0.4, -0.2) is 10.4 Å². The standard InChI is InChI=1S/C19H12F2N2O/c1-12(24)13-2-5-16(6-3-13)23-10-14(9-22)18(11-23)17-7-4-15(20)8-19(17)21/h2-8,10-11H,1H3. The maximum atomic E-state index is 14.0. The minimum Gasteiger partial charge on any atom is -0.322 e. The van der Waals surface area contributed by atoms with Crippen molar-refractivity contribution in [2.45, 2.75) is 6.92 Å². The Morgan fingerprint density at radius 2 is 1.75 bits per heavy atom. The molecule has 0 saturated heterocycles. The second kappa shape index (κ2) is 6.09. The molecule has 0 fully saturated rings. The van der Waals surface area contributed by atoms with Crippen LogP contribution in [0.5, 0.6) is 0 Å². The number of hydrogen-bond acceptors (Lipinski definition) is 2. The molecule has 0 amide bonds. The highest BCUT2D eigenvalue weighted by Gasteiger charge is 2.14. The summed E-state index contributed by atoms with van der Waals surface area (Å²) < 4.78 is 28.8. The van der Waals surface area contributed by atoms with Gasteiger partial charge < -0.3 is 4.57 Å². The Morgan fingerprint density at radius 1 is 1.04 bits per heavy atom. The van der Waals surface area contributed by atoms with Crippen LogP contribution in [0.3, 0.4) is 0 Å². The normalized spacial score (nSPS) is 10.4. The zero-order valence-electron chi connectivity index (χ0n) is 12.8. The van der Waals surface area contributed by atoms with E-state index in [4.69, 9.17) is 0 Å². The van der Waals surface area contributed by atoms with Crippen molar-refractivity contribution in [3.63, 3.8) is 0 Å². The Morgan fingerprint density at radius 3 is 2.33 bits per heavy atom. The lowest BCUT2D eigenvalue weighted by molar-refractivity contribution is 0.101. The van der Waals surface area contributed by atoms with Crippen molar-refractivity contribution in [2.75, 3.05) is 0 Å². The van der Waals surface area contributed by atoms with Gasteiger partial charge in [-0.2, -0.15) is 5.26 Å². The number of carbonyl (C=O) groups is 1. The van der Waals surface area contributed by atoms with E-state index in [9.17, 15) is 18.8 Å². The van der Waals surface area contributed by atoms with Crippen molar-refractivity contribution in [1.29, 1.82) is 5.26 Å². The minimum absolute atomic E-state index is 0.0409. The molecule has 0 aliphatic rings. The minimum atomic E-state index is -0.726. The number of ketones is 1. The van der Waals surface area contributed by atoms with Gasteiger partial charge in [0.05, 0.1) is 5.56 Å². The van der Waals surface area contributed by atoms with E-state index in [1.54, 1.807) is 41.2 Å². The Balaban J connectivity index is 2.08. The summed E-state index contributed by atoms with van der Waals surface area (Å²) in [5, 5.41) is 9.30. The quantitative estimate of drug-likeness (QED) is 0.667. The van der Waals surface area contributed by atoms with Gasteiger partial charge in [0, 0.05) is 40.8 Å². The Kier molecular flexibility index (Phi) is 3.97. The second-order valence-electron chi connectivity index (χ2n) is 5.33. The predicted octanol–water partition coefficient (Wildman–Crippen LogP) is 4.50. The van der Waals surface area contributed by atoms with E-state index in [1.165, 1.54) is 13.0 Å². The van der Waals surface area contributed by atoms with Gasteiger partial charge in [0.2, 0.25) is 0 Å². The molecule has 0 atom stereocenters. The third-order valence-corrected chi connectivity index (χ3v) is 3.74. The number of nitriles is 1. The maximum absolute atomic E-state index is 14.0. The lowest BCUT2D eigenvalue weighted by Crippen LogP contribution is -1.94. The molecule has 24 heavy (non-hydrogen) atoms. The summed E-state index contributed by atoms with van der Waals surface area (Å²) in [5.41, 5.74) is 2.12. The van der Waals surface area contributed by atoms with Crippen LogP contribution < -0.4 is 0 Å². The summed E-state index contributed by atoms with van der Waals surface area (Å²) in [6, 6.07) is 12.1. The molecule has 0 aliphatic carbocycles. The van der Waals surface area contributed by atoms with Crippen LogP contribution in [0.1, 0.15) is 22.8 Å². The van der Waals surface area contributed by atoms with E-state index in [2.05, 4.69) is 0 Å². The lowest BCUT2D eigenvalue weighted by Gasteiger charge is -2.04. The number of aromatic nitrogens is 1. The second-order valence-corrected chi connectivity index (χ2v) is 5.33. The van der Waals surface area contributed by atoms with E-state index in [0.29, 0.717) is 11.1 Å². The average Bonchev–Trinajstić information content (AvgIpc) is 2.99. The lowest BCUT2D eigenvalue weighted by atomic mass is 10.0. The third kappa shape index (κ3) is 2.82. The summed E-state index contributed by atoms with van der Waals surface area (Å²) in [6.07, 6.45) is 3.18. The SMILES string of the molecule is CC(=O)c1ccc(-n2cc(C#N)c(-c3ccc(F)cc3F)c2)cc1. The molecular weight excluding hydrogens is 310 g/mol. The van der Waals surface area contributed by atoms with E-state index in [1.807, 2.05) is 6.07 Å². The van der Waals surface area contributed by atoms with Gasteiger partial charge in [-0.15, -0.1) is 0 Å². The van der Waals surface area contributed by atoms with Gasteiger partial charge in [-0.25, -0.2) is 8.78 Å². The van der Waals surface area contributed by atoms with Crippen molar-refractivity contribution >= 4 is 5.78 Å². The molecule has 1 aromatic heterocycles. The molecule has 0 N–H and O–H groups in total. The molecule has 0 aliphatic heterocycles. The van der Waals surface area contributed by atoms with E-state index >= 15 is 0 Å². The van der Waals surface area contributed by atoms with Crippen LogP contribution in [0, 0.1) is 23.0 Å². The van der Waals surface area contributed by atoms with Gasteiger partial charge in [-0.3, -0.25) is 4.79 Å². The van der Waals surface area contributed by atoms with Crippen molar-refractivity contribution < 1.29 is 13.6 Å². The van der Waals surface area contributed by atoms with Crippen LogP contribution >= 0.6 is 0 Å². The fourth-order valence-electron chi connectivity index (χ4n) is 2.48. The first-order chi connectivity index (χ1) is 11.5. The fourth-order valence-corrected chi connectivity index (χ4v) is 2.48. The summed E-state index contributed by atoms with van der Waals surface area (Å²) in [4.78, 5) is 11.3. The van der Waals surface area contributed by atoms with Crippen LogP contribution in [0.4, 0.5) is 8.78 Å². The molecule has 3 nitrogen and oxygen atoms in total. The largest absolute Gasteiger partial charge is 0.322 e. The first kappa shape index (κ1) is 15.6. The molecule has 0 spiro atoms. The van der Waals surface area contributed by atoms with Crippen LogP contribution in [0.15, 0.2) is 54.9 Å². The van der Waals surface area contributed by atoms with Crippen LogP contribution in [0.2, 0.25) is 0 Å². The summed E-state index contributed by atoms with van der Waals surface area (Å²) in [6.45, 7) is 1.48. The van der Waals surface area contributed by atoms with E-state index < -0.39 is 11.6 Å². The molecule has 3 aromatic rings. The van der Waals surface area contributed by atoms with E-state index in [0.717, 1.165) is 17.8 Å². The molecule has 5 heteroatoms. The average molecular weight is 322 g/mol. The maximum Gasteiger partial charge on any atom is 0.159 e. The third-order valence-electron chi connectivity index (χ3n) is 3.74. The smallest absolute Gasteiger partial charge is 0.159 e. The Bertz CT molecular complexity index is 966. The monoisotopic (exact) mass is 322 g/mol. The highest BCUT2D eigenvalue weighted by molar-refractivity contribution is 5.94. The summed E-state index contributed by atoms with van der Waals surface area (Å²) >= 11 is 0. The van der Waals surface area contributed by atoms with E-state index in [-0.39, 0.29) is 16.9 Å². The number of nitrogens with zero attached hydrogens (tertiary/aromatic N) is 2. The number of carbonyl (C=O) groups excluding carboxylic acids is 1. The van der Waals surface area contributed by atoms with Gasteiger partial charge in [0.15, 0.2) is 5.78 Å².